The number of H-pyrrole nitrogens is 1. The van der Waals surface area contributed by atoms with Gasteiger partial charge in [-0.15, -0.1) is 0 Å². The highest BCUT2D eigenvalue weighted by molar-refractivity contribution is 5.93. The van der Waals surface area contributed by atoms with Crippen LogP contribution in [0.2, 0.25) is 0 Å². The van der Waals surface area contributed by atoms with Crippen LogP contribution < -0.4 is 5.56 Å². The van der Waals surface area contributed by atoms with Gasteiger partial charge in [0, 0.05) is 36.1 Å². The average Bonchev–Trinajstić information content (AvgIpc) is 2.55. The summed E-state index contributed by atoms with van der Waals surface area (Å²) in [6, 6.07) is 11.1. The fraction of sp³-hybridized carbons (Fsp3) is 0.167. The van der Waals surface area contributed by atoms with Crippen LogP contribution in [0.15, 0.2) is 53.6 Å². The highest BCUT2D eigenvalue weighted by atomic mass is 16.2. The van der Waals surface area contributed by atoms with Gasteiger partial charge < -0.3 is 9.88 Å². The van der Waals surface area contributed by atoms with E-state index in [4.69, 9.17) is 0 Å². The van der Waals surface area contributed by atoms with Gasteiger partial charge in [-0.05, 0) is 42.1 Å². The monoisotopic (exact) mass is 307 g/mol. The molecule has 0 unspecified atom stereocenters. The number of aryl methyl sites for hydroxylation is 1. The maximum absolute atomic E-state index is 12.4. The summed E-state index contributed by atoms with van der Waals surface area (Å²) >= 11 is 0. The van der Waals surface area contributed by atoms with Crippen LogP contribution in [-0.4, -0.2) is 27.8 Å². The van der Waals surface area contributed by atoms with E-state index < -0.39 is 0 Å². The summed E-state index contributed by atoms with van der Waals surface area (Å²) in [7, 11) is 1.68. The number of fused-ring (bicyclic) bond motifs is 1. The molecule has 2 heterocycles. The van der Waals surface area contributed by atoms with Crippen LogP contribution >= 0.6 is 0 Å². The number of carbonyl (C=O) groups is 1. The van der Waals surface area contributed by atoms with Crippen LogP contribution in [0, 0.1) is 6.92 Å². The molecule has 3 aromatic rings. The minimum absolute atomic E-state index is 0.143. The van der Waals surface area contributed by atoms with E-state index in [0.29, 0.717) is 11.1 Å². The van der Waals surface area contributed by atoms with Crippen molar-refractivity contribution in [2.75, 3.05) is 7.05 Å². The van der Waals surface area contributed by atoms with Crippen molar-refractivity contribution in [2.24, 2.45) is 0 Å². The third-order valence-electron chi connectivity index (χ3n) is 3.76. The molecule has 0 aliphatic rings. The molecule has 0 aliphatic carbocycles. The van der Waals surface area contributed by atoms with E-state index in [9.17, 15) is 9.59 Å². The fourth-order valence-electron chi connectivity index (χ4n) is 2.52. The van der Waals surface area contributed by atoms with E-state index in [1.165, 1.54) is 4.90 Å². The van der Waals surface area contributed by atoms with Crippen molar-refractivity contribution < 1.29 is 4.79 Å². The molecule has 3 rings (SSSR count). The fourth-order valence-corrected chi connectivity index (χ4v) is 2.52. The minimum Gasteiger partial charge on any atom is -0.337 e. The Hall–Kier alpha value is -2.95. The van der Waals surface area contributed by atoms with Gasteiger partial charge in [0.25, 0.3) is 11.5 Å². The summed E-state index contributed by atoms with van der Waals surface area (Å²) in [6.07, 6.45) is 3.15. The number of aromatic nitrogens is 2. The van der Waals surface area contributed by atoms with Crippen molar-refractivity contribution in [2.45, 2.75) is 13.5 Å². The molecule has 0 fully saturated rings. The van der Waals surface area contributed by atoms with Crippen LogP contribution in [0.3, 0.4) is 0 Å². The molecule has 1 N–H and O–H groups in total. The molecule has 0 saturated carbocycles. The molecule has 116 valence electrons. The van der Waals surface area contributed by atoms with E-state index in [0.717, 1.165) is 16.5 Å². The zero-order chi connectivity index (χ0) is 16.4. The third kappa shape index (κ3) is 3.13. The normalized spacial score (nSPS) is 10.7. The molecule has 2 aromatic heterocycles. The SMILES string of the molecule is Cc1ccc2cc(CN(C)C(=O)c3ccncc3)c(=O)[nH]c2c1. The molecule has 0 saturated heterocycles. The first-order chi connectivity index (χ1) is 11.0. The lowest BCUT2D eigenvalue weighted by Gasteiger charge is -2.17. The minimum atomic E-state index is -0.169. The van der Waals surface area contributed by atoms with E-state index in [-0.39, 0.29) is 18.0 Å². The summed E-state index contributed by atoms with van der Waals surface area (Å²) in [5.74, 6) is -0.143. The number of benzene rings is 1. The predicted molar refractivity (Wildman–Crippen MR) is 89.3 cm³/mol. The van der Waals surface area contributed by atoms with Gasteiger partial charge in [-0.1, -0.05) is 12.1 Å². The largest absolute Gasteiger partial charge is 0.337 e. The number of rotatable bonds is 3. The van der Waals surface area contributed by atoms with Gasteiger partial charge >= 0.3 is 0 Å². The highest BCUT2D eigenvalue weighted by Crippen LogP contribution is 2.14. The van der Waals surface area contributed by atoms with E-state index in [1.54, 1.807) is 31.6 Å². The molecular weight excluding hydrogens is 290 g/mol. The molecule has 1 amide bonds. The molecule has 23 heavy (non-hydrogen) atoms. The Labute approximate surface area is 133 Å². The Morgan fingerprint density at radius 3 is 2.65 bits per heavy atom. The Morgan fingerprint density at radius 2 is 1.91 bits per heavy atom. The molecule has 0 aliphatic heterocycles. The van der Waals surface area contributed by atoms with Crippen molar-refractivity contribution in [3.63, 3.8) is 0 Å². The van der Waals surface area contributed by atoms with E-state index in [2.05, 4.69) is 9.97 Å². The number of hydrogen-bond acceptors (Lipinski definition) is 3. The molecule has 1 aromatic carbocycles. The second-order valence-electron chi connectivity index (χ2n) is 5.61. The first kappa shape index (κ1) is 15.0. The smallest absolute Gasteiger partial charge is 0.254 e. The number of carbonyl (C=O) groups excluding carboxylic acids is 1. The Balaban J connectivity index is 1.89. The van der Waals surface area contributed by atoms with Crippen molar-refractivity contribution in [3.8, 4) is 0 Å². The molecule has 0 radical (unpaired) electrons. The number of hydrogen-bond donors (Lipinski definition) is 1. The molecule has 5 nitrogen and oxygen atoms in total. The number of nitrogens with one attached hydrogen (secondary N) is 1. The van der Waals surface area contributed by atoms with Gasteiger partial charge in [0.15, 0.2) is 0 Å². The quantitative estimate of drug-likeness (QED) is 0.808. The molecule has 0 atom stereocenters. The molecule has 0 spiro atoms. The number of nitrogens with zero attached hydrogens (tertiary/aromatic N) is 2. The Bertz CT molecular complexity index is 916. The maximum Gasteiger partial charge on any atom is 0.254 e. The second kappa shape index (κ2) is 6.04. The summed E-state index contributed by atoms with van der Waals surface area (Å²) in [5.41, 5.74) is 2.84. The lowest BCUT2D eigenvalue weighted by atomic mass is 10.1. The summed E-state index contributed by atoms with van der Waals surface area (Å²) < 4.78 is 0. The zero-order valence-electron chi connectivity index (χ0n) is 13.0. The highest BCUT2D eigenvalue weighted by Gasteiger charge is 2.13. The van der Waals surface area contributed by atoms with Gasteiger partial charge in [-0.3, -0.25) is 14.6 Å². The standard InChI is InChI=1S/C18H17N3O2/c1-12-3-4-14-10-15(17(22)20-16(14)9-12)11-21(2)18(23)13-5-7-19-8-6-13/h3-10H,11H2,1-2H3,(H,20,22). The van der Waals surface area contributed by atoms with Gasteiger partial charge in [0.2, 0.25) is 0 Å². The number of pyridine rings is 2. The molecular formula is C18H17N3O2. The van der Waals surface area contributed by atoms with Crippen LogP contribution in [0.1, 0.15) is 21.5 Å². The van der Waals surface area contributed by atoms with Gasteiger partial charge in [-0.25, -0.2) is 0 Å². The van der Waals surface area contributed by atoms with Gasteiger partial charge in [0.1, 0.15) is 0 Å². The Kier molecular flexibility index (Phi) is 3.93. The third-order valence-corrected chi connectivity index (χ3v) is 3.76. The van der Waals surface area contributed by atoms with Crippen LogP contribution in [-0.2, 0) is 6.54 Å². The lowest BCUT2D eigenvalue weighted by Crippen LogP contribution is -2.29. The van der Waals surface area contributed by atoms with E-state index in [1.807, 2.05) is 31.2 Å². The number of amides is 1. The van der Waals surface area contributed by atoms with Crippen molar-refractivity contribution in [1.82, 2.24) is 14.9 Å². The number of aromatic amines is 1. The van der Waals surface area contributed by atoms with Crippen LogP contribution in [0.5, 0.6) is 0 Å². The van der Waals surface area contributed by atoms with Crippen LogP contribution in [0.25, 0.3) is 10.9 Å². The summed E-state index contributed by atoms with van der Waals surface area (Å²) in [6.45, 7) is 2.23. The van der Waals surface area contributed by atoms with Gasteiger partial charge in [0.05, 0.1) is 6.54 Å². The van der Waals surface area contributed by atoms with Crippen molar-refractivity contribution >= 4 is 16.8 Å². The van der Waals surface area contributed by atoms with E-state index >= 15 is 0 Å². The first-order valence-corrected chi connectivity index (χ1v) is 7.32. The summed E-state index contributed by atoms with van der Waals surface area (Å²) in [4.78, 5) is 32.9. The van der Waals surface area contributed by atoms with Crippen LogP contribution in [0.4, 0.5) is 0 Å². The summed E-state index contributed by atoms with van der Waals surface area (Å²) in [5, 5.41) is 0.954. The van der Waals surface area contributed by atoms with Crippen molar-refractivity contribution in [3.05, 3.63) is 75.8 Å². The van der Waals surface area contributed by atoms with Crippen molar-refractivity contribution in [1.29, 1.82) is 0 Å². The van der Waals surface area contributed by atoms with Gasteiger partial charge in [-0.2, -0.15) is 0 Å². The zero-order valence-corrected chi connectivity index (χ0v) is 13.0. The Morgan fingerprint density at radius 1 is 1.17 bits per heavy atom. The topological polar surface area (TPSA) is 66.1 Å². The first-order valence-electron chi connectivity index (χ1n) is 7.32. The lowest BCUT2D eigenvalue weighted by molar-refractivity contribution is 0.0784. The second-order valence-corrected chi connectivity index (χ2v) is 5.61. The molecule has 5 heteroatoms. The maximum atomic E-state index is 12.4. The average molecular weight is 307 g/mol. The molecule has 0 bridgehead atoms. The predicted octanol–water partition coefficient (Wildman–Crippen LogP) is 2.50.